The lowest BCUT2D eigenvalue weighted by molar-refractivity contribution is 0.652. The van der Waals surface area contributed by atoms with E-state index in [1.54, 1.807) is 0 Å². The summed E-state index contributed by atoms with van der Waals surface area (Å²) in [4.78, 5) is 0. The van der Waals surface area contributed by atoms with Crippen LogP contribution < -0.4 is 0 Å². The normalized spacial score (nSPS) is 15.8. The van der Waals surface area contributed by atoms with Crippen LogP contribution in [0.3, 0.4) is 0 Å². The first kappa shape index (κ1) is 14.2. The molecule has 1 aliphatic rings. The molecule has 1 saturated heterocycles. The van der Waals surface area contributed by atoms with Crippen LogP contribution in [-0.2, 0) is 0 Å². The van der Waals surface area contributed by atoms with E-state index in [2.05, 4.69) is 25.6 Å². The van der Waals surface area contributed by atoms with Gasteiger partial charge in [0.2, 0.25) is 0 Å². The van der Waals surface area contributed by atoms with Gasteiger partial charge in [-0.3, -0.25) is 0 Å². The standard InChI is InChI=1S/C15H28S/c1-3-5-7-9-14(10-8-6-4-2)15-11-12-16-13-15/h3-13H2,1-2H3. The maximum Gasteiger partial charge on any atom is 0.0146 e. The summed E-state index contributed by atoms with van der Waals surface area (Å²) < 4.78 is 0. The van der Waals surface area contributed by atoms with Crippen molar-refractivity contribution in [3.63, 3.8) is 0 Å². The minimum atomic E-state index is 1.34. The van der Waals surface area contributed by atoms with E-state index in [1.807, 2.05) is 11.1 Å². The fourth-order valence-corrected chi connectivity index (χ4v) is 3.53. The van der Waals surface area contributed by atoms with E-state index in [9.17, 15) is 0 Å². The molecule has 16 heavy (non-hydrogen) atoms. The molecule has 0 N–H and O–H groups in total. The average Bonchev–Trinajstić information content (AvgIpc) is 2.81. The van der Waals surface area contributed by atoms with Crippen molar-refractivity contribution < 1.29 is 0 Å². The summed E-state index contributed by atoms with van der Waals surface area (Å²) in [6.07, 6.45) is 12.6. The molecule has 1 rings (SSSR count). The first-order valence-electron chi connectivity index (χ1n) is 7.16. The Morgan fingerprint density at radius 1 is 1.00 bits per heavy atom. The number of hydrogen-bond acceptors (Lipinski definition) is 1. The van der Waals surface area contributed by atoms with Crippen LogP contribution in [0.1, 0.15) is 71.6 Å². The van der Waals surface area contributed by atoms with Gasteiger partial charge >= 0.3 is 0 Å². The summed E-state index contributed by atoms with van der Waals surface area (Å²) >= 11 is 2.13. The van der Waals surface area contributed by atoms with Crippen molar-refractivity contribution in [2.24, 2.45) is 0 Å². The van der Waals surface area contributed by atoms with Crippen LogP contribution >= 0.6 is 11.8 Å². The van der Waals surface area contributed by atoms with Gasteiger partial charge in [-0.05, 0) is 37.9 Å². The zero-order chi connectivity index (χ0) is 11.6. The lowest BCUT2D eigenvalue weighted by Gasteiger charge is -2.11. The van der Waals surface area contributed by atoms with Crippen LogP contribution in [0.15, 0.2) is 11.1 Å². The Kier molecular flexibility index (Phi) is 8.10. The lowest BCUT2D eigenvalue weighted by Crippen LogP contribution is -1.93. The van der Waals surface area contributed by atoms with Crippen molar-refractivity contribution in [2.75, 3.05) is 11.5 Å². The van der Waals surface area contributed by atoms with Crippen LogP contribution in [0.2, 0.25) is 0 Å². The quantitative estimate of drug-likeness (QED) is 0.394. The molecule has 0 saturated carbocycles. The second-order valence-electron chi connectivity index (χ2n) is 4.92. The molecule has 1 heteroatoms. The van der Waals surface area contributed by atoms with E-state index in [0.29, 0.717) is 0 Å². The lowest BCUT2D eigenvalue weighted by atomic mass is 9.96. The van der Waals surface area contributed by atoms with Crippen LogP contribution in [0.4, 0.5) is 0 Å². The van der Waals surface area contributed by atoms with Crippen molar-refractivity contribution in [1.82, 2.24) is 0 Å². The monoisotopic (exact) mass is 240 g/mol. The zero-order valence-electron chi connectivity index (χ0n) is 11.2. The first-order chi connectivity index (χ1) is 7.88. The summed E-state index contributed by atoms with van der Waals surface area (Å²) in [6.45, 7) is 4.60. The number of allylic oxidation sites excluding steroid dienone is 1. The summed E-state index contributed by atoms with van der Waals surface area (Å²) in [7, 11) is 0. The molecule has 0 bridgehead atoms. The molecule has 94 valence electrons. The van der Waals surface area contributed by atoms with Gasteiger partial charge in [-0.1, -0.05) is 50.7 Å². The van der Waals surface area contributed by atoms with E-state index in [0.717, 1.165) is 0 Å². The van der Waals surface area contributed by atoms with Crippen molar-refractivity contribution in [3.8, 4) is 0 Å². The number of rotatable bonds is 8. The summed E-state index contributed by atoms with van der Waals surface area (Å²) in [5, 5.41) is 0. The minimum Gasteiger partial charge on any atom is -0.157 e. The molecule has 1 heterocycles. The summed E-state index contributed by atoms with van der Waals surface area (Å²) in [5.74, 6) is 2.72. The topological polar surface area (TPSA) is 0 Å². The molecule has 0 radical (unpaired) electrons. The van der Waals surface area contributed by atoms with Gasteiger partial charge in [-0.2, -0.15) is 11.8 Å². The van der Waals surface area contributed by atoms with E-state index in [4.69, 9.17) is 0 Å². The zero-order valence-corrected chi connectivity index (χ0v) is 12.0. The summed E-state index contributed by atoms with van der Waals surface area (Å²) in [6, 6.07) is 0. The molecule has 1 fully saturated rings. The molecule has 0 amide bonds. The van der Waals surface area contributed by atoms with Gasteiger partial charge in [0.1, 0.15) is 0 Å². The highest BCUT2D eigenvalue weighted by Crippen LogP contribution is 2.30. The third kappa shape index (κ3) is 5.43. The van der Waals surface area contributed by atoms with Crippen molar-refractivity contribution in [2.45, 2.75) is 71.6 Å². The highest BCUT2D eigenvalue weighted by molar-refractivity contribution is 7.99. The first-order valence-corrected chi connectivity index (χ1v) is 8.31. The van der Waals surface area contributed by atoms with Gasteiger partial charge in [-0.25, -0.2) is 0 Å². The molecular weight excluding hydrogens is 212 g/mol. The molecule has 0 aromatic carbocycles. The molecule has 0 aliphatic carbocycles. The molecule has 0 spiro atoms. The van der Waals surface area contributed by atoms with Crippen LogP contribution in [0.5, 0.6) is 0 Å². The van der Waals surface area contributed by atoms with E-state index in [-0.39, 0.29) is 0 Å². The fraction of sp³-hybridized carbons (Fsp3) is 0.867. The number of hydrogen-bond donors (Lipinski definition) is 0. The number of unbranched alkanes of at least 4 members (excludes halogenated alkanes) is 4. The van der Waals surface area contributed by atoms with Crippen LogP contribution in [0, 0.1) is 0 Å². The molecule has 0 atom stereocenters. The third-order valence-electron chi connectivity index (χ3n) is 3.49. The maximum absolute atomic E-state index is 2.30. The predicted octanol–water partition coefficient (Wildman–Crippen LogP) is 5.58. The number of thioether (sulfide) groups is 1. The molecule has 0 unspecified atom stereocenters. The Morgan fingerprint density at radius 2 is 1.62 bits per heavy atom. The van der Waals surface area contributed by atoms with Crippen molar-refractivity contribution in [1.29, 1.82) is 0 Å². The molecule has 0 nitrogen and oxygen atoms in total. The Balaban J connectivity index is 2.37. The Bertz CT molecular complexity index is 185. The smallest absolute Gasteiger partial charge is 0.0146 e. The van der Waals surface area contributed by atoms with E-state index in [1.165, 1.54) is 69.3 Å². The third-order valence-corrected chi connectivity index (χ3v) is 4.53. The largest absolute Gasteiger partial charge is 0.157 e. The minimum absolute atomic E-state index is 1.34. The second-order valence-corrected chi connectivity index (χ2v) is 6.03. The van der Waals surface area contributed by atoms with Crippen LogP contribution in [0.25, 0.3) is 0 Å². The van der Waals surface area contributed by atoms with Crippen molar-refractivity contribution >= 4 is 11.8 Å². The molecule has 1 aliphatic heterocycles. The molecular formula is C15H28S. The average molecular weight is 240 g/mol. The highest BCUT2D eigenvalue weighted by Gasteiger charge is 2.12. The van der Waals surface area contributed by atoms with E-state index < -0.39 is 0 Å². The highest BCUT2D eigenvalue weighted by atomic mass is 32.2. The summed E-state index contributed by atoms with van der Waals surface area (Å²) in [5.41, 5.74) is 3.66. The Labute approximate surface area is 106 Å². The van der Waals surface area contributed by atoms with Gasteiger partial charge in [0.25, 0.3) is 0 Å². The van der Waals surface area contributed by atoms with Gasteiger partial charge in [0.15, 0.2) is 0 Å². The molecule has 0 aromatic rings. The maximum atomic E-state index is 2.30. The Morgan fingerprint density at radius 3 is 2.06 bits per heavy atom. The SMILES string of the molecule is CCCCCC(CCCCC)=C1CCSC1. The van der Waals surface area contributed by atoms with Gasteiger partial charge in [0.05, 0.1) is 0 Å². The van der Waals surface area contributed by atoms with Crippen LogP contribution in [-0.4, -0.2) is 11.5 Å². The van der Waals surface area contributed by atoms with E-state index >= 15 is 0 Å². The Hall–Kier alpha value is 0.0900. The predicted molar refractivity (Wildman–Crippen MR) is 77.3 cm³/mol. The molecule has 0 aromatic heterocycles. The van der Waals surface area contributed by atoms with Crippen molar-refractivity contribution in [3.05, 3.63) is 11.1 Å². The fourth-order valence-electron chi connectivity index (χ4n) is 2.40. The van der Waals surface area contributed by atoms with Gasteiger partial charge in [-0.15, -0.1) is 0 Å². The van der Waals surface area contributed by atoms with Gasteiger partial charge < -0.3 is 0 Å². The van der Waals surface area contributed by atoms with Gasteiger partial charge in [0, 0.05) is 5.75 Å². The second kappa shape index (κ2) is 9.15.